The van der Waals surface area contributed by atoms with Crippen molar-refractivity contribution in [2.45, 2.75) is 6.92 Å². The number of nitro benzene ring substituents is 1. The second-order valence-electron chi connectivity index (χ2n) is 7.52. The van der Waals surface area contributed by atoms with Crippen LogP contribution in [0.2, 0.25) is 5.02 Å². The number of aromatic nitrogens is 3. The SMILES string of the molecule is Cc1cc2nn(-c3cccc4ccccc34)nc2cc1NC(=O)c1cc([N+](=O)[O-])ccc1Cl. The van der Waals surface area contributed by atoms with Gasteiger partial charge < -0.3 is 5.32 Å². The van der Waals surface area contributed by atoms with E-state index in [1.54, 1.807) is 10.9 Å². The van der Waals surface area contributed by atoms with E-state index in [2.05, 4.69) is 15.5 Å². The van der Waals surface area contributed by atoms with Gasteiger partial charge in [-0.25, -0.2) is 0 Å². The van der Waals surface area contributed by atoms with Crippen LogP contribution in [-0.2, 0) is 0 Å². The summed E-state index contributed by atoms with van der Waals surface area (Å²) in [6.45, 7) is 1.83. The molecule has 1 N–H and O–H groups in total. The first-order valence-corrected chi connectivity index (χ1v) is 10.4. The first kappa shape index (κ1) is 20.6. The molecule has 8 nitrogen and oxygen atoms in total. The van der Waals surface area contributed by atoms with Crippen LogP contribution in [0, 0.1) is 17.0 Å². The highest BCUT2D eigenvalue weighted by atomic mass is 35.5. The standard InChI is InChI=1S/C24H16ClN5O3/c1-14-11-21-22(28-29(27-21)23-8-4-6-15-5-2-3-7-17(15)23)13-20(14)26-24(31)18-12-16(30(32)33)9-10-19(18)25/h2-13H,1H3,(H,26,31). The summed E-state index contributed by atoms with van der Waals surface area (Å²) in [5.41, 5.74) is 3.19. The molecule has 0 aliphatic carbocycles. The molecular weight excluding hydrogens is 442 g/mol. The van der Waals surface area contributed by atoms with Gasteiger partial charge in [-0.1, -0.05) is 48.0 Å². The van der Waals surface area contributed by atoms with Crippen LogP contribution in [0.15, 0.2) is 72.8 Å². The topological polar surface area (TPSA) is 103 Å². The van der Waals surface area contributed by atoms with Crippen molar-refractivity contribution in [3.63, 3.8) is 0 Å². The first-order valence-electron chi connectivity index (χ1n) is 10.0. The fourth-order valence-electron chi connectivity index (χ4n) is 3.68. The lowest BCUT2D eigenvalue weighted by molar-refractivity contribution is -0.384. The van der Waals surface area contributed by atoms with Gasteiger partial charge in [-0.05, 0) is 42.1 Å². The van der Waals surface area contributed by atoms with E-state index in [0.29, 0.717) is 16.7 Å². The van der Waals surface area contributed by atoms with Crippen molar-refractivity contribution in [2.75, 3.05) is 5.32 Å². The Morgan fingerprint density at radius 1 is 1.00 bits per heavy atom. The fourth-order valence-corrected chi connectivity index (χ4v) is 3.89. The molecule has 4 aromatic carbocycles. The van der Waals surface area contributed by atoms with Crippen molar-refractivity contribution in [2.24, 2.45) is 0 Å². The highest BCUT2D eigenvalue weighted by molar-refractivity contribution is 6.34. The van der Waals surface area contributed by atoms with Gasteiger partial charge in [0.15, 0.2) is 0 Å². The molecule has 0 fully saturated rings. The number of halogens is 1. The van der Waals surface area contributed by atoms with Crippen molar-refractivity contribution in [3.8, 4) is 5.69 Å². The van der Waals surface area contributed by atoms with E-state index in [4.69, 9.17) is 11.6 Å². The van der Waals surface area contributed by atoms with Crippen LogP contribution in [0.5, 0.6) is 0 Å². The Kier molecular flexibility index (Phi) is 4.99. The van der Waals surface area contributed by atoms with Gasteiger partial charge in [-0.2, -0.15) is 0 Å². The van der Waals surface area contributed by atoms with Crippen LogP contribution >= 0.6 is 11.6 Å². The number of nitrogens with zero attached hydrogens (tertiary/aromatic N) is 4. The molecule has 0 saturated carbocycles. The maximum absolute atomic E-state index is 12.8. The highest BCUT2D eigenvalue weighted by Gasteiger charge is 2.18. The quantitative estimate of drug-likeness (QED) is 0.275. The number of hydrogen-bond donors (Lipinski definition) is 1. The molecule has 0 spiro atoms. The van der Waals surface area contributed by atoms with Crippen LogP contribution in [0.3, 0.4) is 0 Å². The Labute approximate surface area is 192 Å². The molecule has 5 rings (SSSR count). The van der Waals surface area contributed by atoms with E-state index in [0.717, 1.165) is 28.1 Å². The van der Waals surface area contributed by atoms with Gasteiger partial charge in [0.25, 0.3) is 11.6 Å². The molecule has 0 radical (unpaired) electrons. The Morgan fingerprint density at radius 2 is 1.73 bits per heavy atom. The van der Waals surface area contributed by atoms with E-state index in [1.807, 2.05) is 55.5 Å². The zero-order chi connectivity index (χ0) is 23.1. The predicted molar refractivity (Wildman–Crippen MR) is 127 cm³/mol. The molecule has 1 heterocycles. The van der Waals surface area contributed by atoms with Crippen LogP contribution in [0.4, 0.5) is 11.4 Å². The Bertz CT molecular complexity index is 1570. The summed E-state index contributed by atoms with van der Waals surface area (Å²) in [5, 5.41) is 25.3. The lowest BCUT2D eigenvalue weighted by Crippen LogP contribution is -2.13. The Morgan fingerprint density at radius 3 is 2.52 bits per heavy atom. The number of benzene rings is 4. The molecule has 0 saturated heterocycles. The fraction of sp³-hybridized carbons (Fsp3) is 0.0417. The zero-order valence-corrected chi connectivity index (χ0v) is 18.1. The normalized spacial score (nSPS) is 11.1. The average Bonchev–Trinajstić information content (AvgIpc) is 3.21. The number of rotatable bonds is 4. The third kappa shape index (κ3) is 3.77. The number of anilines is 1. The van der Waals surface area contributed by atoms with E-state index < -0.39 is 10.8 Å². The molecule has 1 aromatic heterocycles. The van der Waals surface area contributed by atoms with Crippen molar-refractivity contribution >= 4 is 50.7 Å². The average molecular weight is 458 g/mol. The molecular formula is C24H16ClN5O3. The third-order valence-electron chi connectivity index (χ3n) is 5.36. The van der Waals surface area contributed by atoms with Crippen LogP contribution in [0.1, 0.15) is 15.9 Å². The van der Waals surface area contributed by atoms with Crippen molar-refractivity contribution in [1.82, 2.24) is 15.0 Å². The Hall–Kier alpha value is -4.30. The second kappa shape index (κ2) is 7.99. The maximum Gasteiger partial charge on any atom is 0.270 e. The molecule has 5 aromatic rings. The minimum absolute atomic E-state index is 0.0183. The van der Waals surface area contributed by atoms with E-state index >= 15 is 0 Å². The molecule has 0 atom stereocenters. The number of non-ortho nitro benzene ring substituents is 1. The van der Waals surface area contributed by atoms with Gasteiger partial charge in [0.05, 0.1) is 21.2 Å². The number of nitrogens with one attached hydrogen (secondary N) is 1. The molecule has 0 aliphatic rings. The molecule has 9 heteroatoms. The number of hydrogen-bond acceptors (Lipinski definition) is 5. The van der Waals surface area contributed by atoms with Crippen LogP contribution in [-0.4, -0.2) is 25.8 Å². The lowest BCUT2D eigenvalue weighted by Gasteiger charge is -2.09. The third-order valence-corrected chi connectivity index (χ3v) is 5.69. The van der Waals surface area contributed by atoms with E-state index in [9.17, 15) is 14.9 Å². The van der Waals surface area contributed by atoms with E-state index in [-0.39, 0.29) is 16.3 Å². The molecule has 162 valence electrons. The lowest BCUT2D eigenvalue weighted by atomic mass is 10.1. The van der Waals surface area contributed by atoms with Gasteiger partial charge in [0.2, 0.25) is 0 Å². The van der Waals surface area contributed by atoms with Gasteiger partial charge in [0, 0.05) is 23.2 Å². The summed E-state index contributed by atoms with van der Waals surface area (Å²) in [4.78, 5) is 24.9. The predicted octanol–water partition coefficient (Wildman–Crippen LogP) is 5.70. The number of nitro groups is 1. The minimum Gasteiger partial charge on any atom is -0.322 e. The van der Waals surface area contributed by atoms with Crippen molar-refractivity contribution in [1.29, 1.82) is 0 Å². The maximum atomic E-state index is 12.8. The van der Waals surface area contributed by atoms with Crippen molar-refractivity contribution < 1.29 is 9.72 Å². The summed E-state index contributed by atoms with van der Waals surface area (Å²) >= 11 is 6.11. The zero-order valence-electron chi connectivity index (χ0n) is 17.3. The second-order valence-corrected chi connectivity index (χ2v) is 7.93. The number of aryl methyl sites for hydroxylation is 1. The summed E-state index contributed by atoms with van der Waals surface area (Å²) in [6.07, 6.45) is 0. The minimum atomic E-state index is -0.573. The summed E-state index contributed by atoms with van der Waals surface area (Å²) in [5.74, 6) is -0.549. The largest absolute Gasteiger partial charge is 0.322 e. The number of carbonyl (C=O) groups excluding carboxylic acids is 1. The number of fused-ring (bicyclic) bond motifs is 2. The van der Waals surface area contributed by atoms with Crippen LogP contribution in [0.25, 0.3) is 27.5 Å². The summed E-state index contributed by atoms with van der Waals surface area (Å²) in [7, 11) is 0. The Balaban J connectivity index is 1.52. The highest BCUT2D eigenvalue weighted by Crippen LogP contribution is 2.27. The first-order chi connectivity index (χ1) is 15.9. The van der Waals surface area contributed by atoms with Gasteiger partial charge >= 0.3 is 0 Å². The molecule has 0 bridgehead atoms. The van der Waals surface area contributed by atoms with Gasteiger partial charge in [-0.3, -0.25) is 14.9 Å². The van der Waals surface area contributed by atoms with Crippen molar-refractivity contribution in [3.05, 3.63) is 99.1 Å². The molecule has 0 aliphatic heterocycles. The molecule has 33 heavy (non-hydrogen) atoms. The monoisotopic (exact) mass is 457 g/mol. The summed E-state index contributed by atoms with van der Waals surface area (Å²) < 4.78 is 0. The van der Waals surface area contributed by atoms with E-state index in [1.165, 1.54) is 12.1 Å². The van der Waals surface area contributed by atoms with Gasteiger partial charge in [-0.15, -0.1) is 15.0 Å². The molecule has 1 amide bonds. The smallest absolute Gasteiger partial charge is 0.270 e. The number of carbonyl (C=O) groups is 1. The number of amides is 1. The van der Waals surface area contributed by atoms with Crippen LogP contribution < -0.4 is 5.32 Å². The van der Waals surface area contributed by atoms with Gasteiger partial charge in [0.1, 0.15) is 11.0 Å². The summed E-state index contributed by atoms with van der Waals surface area (Å²) in [6, 6.07) is 21.2. The molecule has 0 unspecified atom stereocenters.